The summed E-state index contributed by atoms with van der Waals surface area (Å²) in [6, 6.07) is 0. The number of H-pyrrole nitrogens is 1. The van der Waals surface area contributed by atoms with Crippen LogP contribution in [0, 0.1) is 0 Å². The van der Waals surface area contributed by atoms with Crippen molar-refractivity contribution in [2.75, 3.05) is 13.6 Å². The van der Waals surface area contributed by atoms with E-state index in [9.17, 15) is 4.79 Å². The first-order valence-corrected chi connectivity index (χ1v) is 5.24. The minimum atomic E-state index is -0.189. The quantitative estimate of drug-likeness (QED) is 0.787. The Bertz CT molecular complexity index is 394. The van der Waals surface area contributed by atoms with E-state index in [2.05, 4.69) is 21.8 Å². The molecule has 1 aromatic heterocycles. The third-order valence-corrected chi connectivity index (χ3v) is 2.09. The Labute approximate surface area is 95.6 Å². The summed E-state index contributed by atoms with van der Waals surface area (Å²) in [4.78, 5) is 17.6. The summed E-state index contributed by atoms with van der Waals surface area (Å²) >= 11 is 0. The van der Waals surface area contributed by atoms with Crippen LogP contribution in [-0.2, 0) is 0 Å². The van der Waals surface area contributed by atoms with Gasteiger partial charge in [-0.05, 0) is 6.92 Å². The molecular weight excluding hydrogens is 204 g/mol. The number of aromatic nitrogens is 3. The highest BCUT2D eigenvalue weighted by molar-refractivity contribution is 5.90. The van der Waals surface area contributed by atoms with E-state index in [4.69, 9.17) is 0 Å². The fourth-order valence-corrected chi connectivity index (χ4v) is 1.28. The van der Waals surface area contributed by atoms with Gasteiger partial charge in [0.2, 0.25) is 5.82 Å². The summed E-state index contributed by atoms with van der Waals surface area (Å²) < 4.78 is 0. The summed E-state index contributed by atoms with van der Waals surface area (Å²) in [5, 5.41) is 6.67. The molecule has 1 aromatic rings. The maximum Gasteiger partial charge on any atom is 0.293 e. The van der Waals surface area contributed by atoms with Gasteiger partial charge in [0.15, 0.2) is 0 Å². The predicted molar refractivity (Wildman–Crippen MR) is 62.2 cm³/mol. The molecule has 0 aliphatic heterocycles. The van der Waals surface area contributed by atoms with E-state index in [1.54, 1.807) is 11.9 Å². The summed E-state index contributed by atoms with van der Waals surface area (Å²) in [7, 11) is 1.71. The van der Waals surface area contributed by atoms with Crippen LogP contribution in [0.2, 0.25) is 0 Å². The molecule has 0 saturated heterocycles. The molecule has 0 atom stereocenters. The fourth-order valence-electron chi connectivity index (χ4n) is 1.28. The van der Waals surface area contributed by atoms with Crippen molar-refractivity contribution in [2.45, 2.75) is 26.7 Å². The smallest absolute Gasteiger partial charge is 0.293 e. The molecule has 0 radical (unpaired) electrons. The van der Waals surface area contributed by atoms with Crippen molar-refractivity contribution in [1.82, 2.24) is 20.1 Å². The molecule has 5 heteroatoms. The number of hydrogen-bond donors (Lipinski definition) is 1. The molecule has 0 spiro atoms. The lowest BCUT2D eigenvalue weighted by molar-refractivity contribution is 0.0795. The molecule has 1 rings (SSSR count). The van der Waals surface area contributed by atoms with Crippen molar-refractivity contribution in [3.05, 3.63) is 23.8 Å². The molecule has 88 valence electrons. The zero-order valence-electron chi connectivity index (χ0n) is 10.2. The third kappa shape index (κ3) is 2.92. The van der Waals surface area contributed by atoms with Crippen molar-refractivity contribution in [2.24, 2.45) is 0 Å². The normalized spacial score (nSPS) is 10.6. The average Bonchev–Trinajstić information content (AvgIpc) is 2.64. The number of hydrogen-bond acceptors (Lipinski definition) is 3. The van der Waals surface area contributed by atoms with Gasteiger partial charge in [-0.3, -0.25) is 9.89 Å². The lowest BCUT2D eigenvalue weighted by atomic mass is 10.2. The highest BCUT2D eigenvalue weighted by Gasteiger charge is 2.17. The van der Waals surface area contributed by atoms with Crippen molar-refractivity contribution < 1.29 is 4.79 Å². The number of aromatic amines is 1. The van der Waals surface area contributed by atoms with Crippen LogP contribution in [0.3, 0.4) is 0 Å². The van der Waals surface area contributed by atoms with Gasteiger partial charge in [0.25, 0.3) is 5.91 Å². The molecule has 16 heavy (non-hydrogen) atoms. The Kier molecular flexibility index (Phi) is 3.82. The Morgan fingerprint density at radius 3 is 2.62 bits per heavy atom. The number of rotatable bonds is 4. The van der Waals surface area contributed by atoms with Crippen LogP contribution < -0.4 is 0 Å². The van der Waals surface area contributed by atoms with Gasteiger partial charge >= 0.3 is 0 Å². The van der Waals surface area contributed by atoms with Gasteiger partial charge in [-0.1, -0.05) is 26.0 Å². The van der Waals surface area contributed by atoms with E-state index in [0.717, 1.165) is 11.4 Å². The molecule has 0 unspecified atom stereocenters. The standard InChI is InChI=1S/C11H18N4O/c1-7(2)6-15(5)11(16)10-12-9(8(3)4)13-14-10/h8H,1,6H2,2-5H3,(H,12,13,14). The number of nitrogens with one attached hydrogen (secondary N) is 1. The number of carbonyl (C=O) groups is 1. The summed E-state index contributed by atoms with van der Waals surface area (Å²) in [6.45, 7) is 10.1. The van der Waals surface area contributed by atoms with Crippen LogP contribution in [0.25, 0.3) is 0 Å². The lowest BCUT2D eigenvalue weighted by Crippen LogP contribution is -2.29. The van der Waals surface area contributed by atoms with Gasteiger partial charge in [-0.25, -0.2) is 4.98 Å². The number of carbonyl (C=O) groups excluding carboxylic acids is 1. The van der Waals surface area contributed by atoms with Crippen molar-refractivity contribution in [3.63, 3.8) is 0 Å². The van der Waals surface area contributed by atoms with Crippen LogP contribution in [0.15, 0.2) is 12.2 Å². The molecule has 1 heterocycles. The van der Waals surface area contributed by atoms with Gasteiger partial charge in [-0.15, -0.1) is 5.10 Å². The van der Waals surface area contributed by atoms with E-state index < -0.39 is 0 Å². The van der Waals surface area contributed by atoms with E-state index in [1.165, 1.54) is 0 Å². The van der Waals surface area contributed by atoms with E-state index in [-0.39, 0.29) is 17.6 Å². The van der Waals surface area contributed by atoms with E-state index >= 15 is 0 Å². The molecule has 0 aliphatic rings. The highest BCUT2D eigenvalue weighted by Crippen LogP contribution is 2.08. The second kappa shape index (κ2) is 4.92. The van der Waals surface area contributed by atoms with E-state index in [1.807, 2.05) is 20.8 Å². The van der Waals surface area contributed by atoms with E-state index in [0.29, 0.717) is 6.54 Å². The summed E-state index contributed by atoms with van der Waals surface area (Å²) in [5.41, 5.74) is 0.926. The molecule has 1 N–H and O–H groups in total. The SMILES string of the molecule is C=C(C)CN(C)C(=O)c1n[nH]c(C(C)C)n1. The highest BCUT2D eigenvalue weighted by atomic mass is 16.2. The fraction of sp³-hybridized carbons (Fsp3) is 0.545. The first-order chi connectivity index (χ1) is 7.41. The van der Waals surface area contributed by atoms with Gasteiger partial charge in [0.05, 0.1) is 0 Å². The minimum absolute atomic E-state index is 0.189. The Morgan fingerprint density at radius 1 is 1.56 bits per heavy atom. The topological polar surface area (TPSA) is 61.9 Å². The second-order valence-corrected chi connectivity index (χ2v) is 4.32. The maximum atomic E-state index is 11.9. The molecule has 0 saturated carbocycles. The van der Waals surface area contributed by atoms with Crippen LogP contribution in [-0.4, -0.2) is 39.6 Å². The van der Waals surface area contributed by atoms with Crippen LogP contribution in [0.4, 0.5) is 0 Å². The van der Waals surface area contributed by atoms with Crippen LogP contribution in [0.1, 0.15) is 43.1 Å². The molecule has 0 aromatic carbocycles. The molecule has 0 fully saturated rings. The second-order valence-electron chi connectivity index (χ2n) is 4.32. The Balaban J connectivity index is 2.76. The predicted octanol–water partition coefficient (Wildman–Crippen LogP) is 1.58. The molecule has 0 aliphatic carbocycles. The average molecular weight is 222 g/mol. The first-order valence-electron chi connectivity index (χ1n) is 5.24. The Morgan fingerprint density at radius 2 is 2.19 bits per heavy atom. The third-order valence-electron chi connectivity index (χ3n) is 2.09. The number of amides is 1. The zero-order valence-corrected chi connectivity index (χ0v) is 10.2. The molecular formula is C11H18N4O. The van der Waals surface area contributed by atoms with Crippen molar-refractivity contribution in [3.8, 4) is 0 Å². The van der Waals surface area contributed by atoms with Gasteiger partial charge in [0.1, 0.15) is 5.82 Å². The minimum Gasteiger partial charge on any atom is -0.335 e. The van der Waals surface area contributed by atoms with Crippen molar-refractivity contribution in [1.29, 1.82) is 0 Å². The lowest BCUT2D eigenvalue weighted by Gasteiger charge is -2.14. The van der Waals surface area contributed by atoms with Gasteiger partial charge < -0.3 is 4.90 Å². The summed E-state index contributed by atoms with van der Waals surface area (Å²) in [6.07, 6.45) is 0. The summed E-state index contributed by atoms with van der Waals surface area (Å²) in [5.74, 6) is 0.992. The maximum absolute atomic E-state index is 11.9. The Hall–Kier alpha value is -1.65. The van der Waals surface area contributed by atoms with Gasteiger partial charge in [-0.2, -0.15) is 0 Å². The molecule has 1 amide bonds. The van der Waals surface area contributed by atoms with Crippen molar-refractivity contribution >= 4 is 5.91 Å². The monoisotopic (exact) mass is 222 g/mol. The number of likely N-dealkylation sites (N-methyl/N-ethyl adjacent to an activating group) is 1. The van der Waals surface area contributed by atoms with Crippen LogP contribution >= 0.6 is 0 Å². The zero-order chi connectivity index (χ0) is 12.3. The molecule has 5 nitrogen and oxygen atoms in total. The van der Waals surface area contributed by atoms with Crippen LogP contribution in [0.5, 0.6) is 0 Å². The number of nitrogens with zero attached hydrogens (tertiary/aromatic N) is 3. The largest absolute Gasteiger partial charge is 0.335 e. The molecule has 0 bridgehead atoms. The first kappa shape index (κ1) is 12.4. The van der Waals surface area contributed by atoms with Gasteiger partial charge in [0, 0.05) is 19.5 Å².